The lowest BCUT2D eigenvalue weighted by atomic mass is 10.1. The van der Waals surface area contributed by atoms with Crippen LogP contribution in [0.5, 0.6) is 0 Å². The van der Waals surface area contributed by atoms with E-state index in [0.717, 1.165) is 12.8 Å². The van der Waals surface area contributed by atoms with Crippen molar-refractivity contribution in [1.29, 1.82) is 0 Å². The van der Waals surface area contributed by atoms with Gasteiger partial charge < -0.3 is 10.2 Å². The first-order chi connectivity index (χ1) is 12.2. The summed E-state index contributed by atoms with van der Waals surface area (Å²) in [6, 6.07) is 17.7. The molecule has 1 unspecified atom stereocenters. The minimum atomic E-state index is -0.0916. The Labute approximate surface area is 148 Å². The first kappa shape index (κ1) is 17.2. The summed E-state index contributed by atoms with van der Waals surface area (Å²) in [5, 5.41) is 2.87. The molecule has 0 radical (unpaired) electrons. The van der Waals surface area contributed by atoms with Gasteiger partial charge in [-0.25, -0.2) is 0 Å². The quantitative estimate of drug-likeness (QED) is 0.823. The summed E-state index contributed by atoms with van der Waals surface area (Å²) in [4.78, 5) is 26.3. The molecule has 2 amide bonds. The lowest BCUT2D eigenvalue weighted by Crippen LogP contribution is -2.31. The third-order valence-electron chi connectivity index (χ3n) is 4.85. The summed E-state index contributed by atoms with van der Waals surface area (Å²) in [5.74, 6) is 0.0433. The number of carbonyl (C=O) groups is 2. The van der Waals surface area contributed by atoms with Gasteiger partial charge in [0, 0.05) is 25.6 Å². The van der Waals surface area contributed by atoms with Gasteiger partial charge in [-0.2, -0.15) is 0 Å². The average molecular weight is 336 g/mol. The van der Waals surface area contributed by atoms with Gasteiger partial charge in [0.15, 0.2) is 0 Å². The summed E-state index contributed by atoms with van der Waals surface area (Å²) in [5.41, 5.74) is 3.27. The summed E-state index contributed by atoms with van der Waals surface area (Å²) in [7, 11) is 1.89. The van der Waals surface area contributed by atoms with Crippen LogP contribution in [-0.2, 0) is 11.2 Å². The molecule has 0 bridgehead atoms. The normalized spacial score (nSPS) is 15.5. The molecule has 0 saturated carbocycles. The molecule has 1 aliphatic rings. The minimum absolute atomic E-state index is 0.0916. The zero-order valence-corrected chi connectivity index (χ0v) is 14.6. The van der Waals surface area contributed by atoms with Gasteiger partial charge in [-0.15, -0.1) is 0 Å². The second-order valence-corrected chi connectivity index (χ2v) is 6.48. The number of carbonyl (C=O) groups excluding carboxylic acids is 2. The Kier molecular flexibility index (Phi) is 5.49. The van der Waals surface area contributed by atoms with Crippen molar-refractivity contribution in [3.63, 3.8) is 0 Å². The van der Waals surface area contributed by atoms with Gasteiger partial charge in [0.05, 0.1) is 6.04 Å². The SMILES string of the molecule is CN(C(=O)CCCNC(=O)c1ccccc1)C1CCc2ccccc21. The maximum Gasteiger partial charge on any atom is 0.251 e. The molecule has 25 heavy (non-hydrogen) atoms. The molecule has 1 N–H and O–H groups in total. The van der Waals surface area contributed by atoms with Crippen LogP contribution in [0.2, 0.25) is 0 Å². The number of benzene rings is 2. The van der Waals surface area contributed by atoms with Crippen molar-refractivity contribution in [3.8, 4) is 0 Å². The highest BCUT2D eigenvalue weighted by molar-refractivity contribution is 5.94. The molecular formula is C21H24N2O2. The van der Waals surface area contributed by atoms with E-state index < -0.39 is 0 Å². The van der Waals surface area contributed by atoms with Crippen LogP contribution in [0.4, 0.5) is 0 Å². The minimum Gasteiger partial charge on any atom is -0.352 e. The van der Waals surface area contributed by atoms with Crippen molar-refractivity contribution < 1.29 is 9.59 Å². The molecule has 2 aromatic carbocycles. The van der Waals surface area contributed by atoms with E-state index in [9.17, 15) is 9.59 Å². The smallest absolute Gasteiger partial charge is 0.251 e. The fraction of sp³-hybridized carbons (Fsp3) is 0.333. The highest BCUT2D eigenvalue weighted by Gasteiger charge is 2.27. The van der Waals surface area contributed by atoms with Crippen molar-refractivity contribution in [2.75, 3.05) is 13.6 Å². The Morgan fingerprint density at radius 1 is 1.08 bits per heavy atom. The zero-order valence-electron chi connectivity index (χ0n) is 14.6. The van der Waals surface area contributed by atoms with Gasteiger partial charge in [-0.05, 0) is 42.5 Å². The van der Waals surface area contributed by atoms with Crippen LogP contribution in [0.1, 0.15) is 46.8 Å². The van der Waals surface area contributed by atoms with Gasteiger partial charge >= 0.3 is 0 Å². The number of amides is 2. The second-order valence-electron chi connectivity index (χ2n) is 6.48. The maximum absolute atomic E-state index is 12.5. The van der Waals surface area contributed by atoms with Crippen molar-refractivity contribution >= 4 is 11.8 Å². The van der Waals surface area contributed by atoms with Crippen LogP contribution in [0.15, 0.2) is 54.6 Å². The fourth-order valence-electron chi connectivity index (χ4n) is 3.42. The van der Waals surface area contributed by atoms with Gasteiger partial charge in [0.2, 0.25) is 5.91 Å². The molecule has 0 fully saturated rings. The molecule has 0 aromatic heterocycles. The molecule has 130 valence electrons. The number of hydrogen-bond acceptors (Lipinski definition) is 2. The Morgan fingerprint density at radius 2 is 1.80 bits per heavy atom. The Morgan fingerprint density at radius 3 is 2.60 bits per heavy atom. The fourth-order valence-corrected chi connectivity index (χ4v) is 3.42. The molecule has 0 saturated heterocycles. The predicted octanol–water partition coefficient (Wildman–Crippen LogP) is 3.34. The maximum atomic E-state index is 12.5. The number of aryl methyl sites for hydroxylation is 1. The van der Waals surface area contributed by atoms with E-state index in [2.05, 4.69) is 23.5 Å². The predicted molar refractivity (Wildman–Crippen MR) is 98.3 cm³/mol. The number of nitrogens with zero attached hydrogens (tertiary/aromatic N) is 1. The van der Waals surface area contributed by atoms with Crippen LogP contribution in [0.25, 0.3) is 0 Å². The van der Waals surface area contributed by atoms with Crippen molar-refractivity contribution in [2.24, 2.45) is 0 Å². The highest BCUT2D eigenvalue weighted by atomic mass is 16.2. The molecule has 1 aliphatic carbocycles. The Hall–Kier alpha value is -2.62. The molecule has 0 spiro atoms. The molecular weight excluding hydrogens is 312 g/mol. The standard InChI is InChI=1S/C21H24N2O2/c1-23(19-14-13-16-8-5-6-11-18(16)19)20(24)12-7-15-22-21(25)17-9-3-2-4-10-17/h2-6,8-11,19H,7,12-15H2,1H3,(H,22,25). The van der Waals surface area contributed by atoms with Crippen LogP contribution in [0, 0.1) is 0 Å². The highest BCUT2D eigenvalue weighted by Crippen LogP contribution is 2.35. The number of hydrogen-bond donors (Lipinski definition) is 1. The number of rotatable bonds is 6. The van der Waals surface area contributed by atoms with Crippen LogP contribution < -0.4 is 5.32 Å². The lowest BCUT2D eigenvalue weighted by Gasteiger charge is -2.25. The van der Waals surface area contributed by atoms with Gasteiger partial charge in [-0.1, -0.05) is 42.5 Å². The molecule has 4 nitrogen and oxygen atoms in total. The molecule has 1 atom stereocenters. The van der Waals surface area contributed by atoms with Crippen LogP contribution in [0.3, 0.4) is 0 Å². The van der Waals surface area contributed by atoms with E-state index in [1.165, 1.54) is 11.1 Å². The third kappa shape index (κ3) is 4.08. The number of fused-ring (bicyclic) bond motifs is 1. The van der Waals surface area contributed by atoms with Gasteiger partial charge in [-0.3, -0.25) is 9.59 Å². The Balaban J connectivity index is 1.45. The summed E-state index contributed by atoms with van der Waals surface area (Å²) in [6.07, 6.45) is 3.12. The van der Waals surface area contributed by atoms with E-state index in [1.807, 2.05) is 36.2 Å². The van der Waals surface area contributed by atoms with Crippen LogP contribution in [-0.4, -0.2) is 30.3 Å². The van der Waals surface area contributed by atoms with Gasteiger partial charge in [0.25, 0.3) is 5.91 Å². The van der Waals surface area contributed by atoms with E-state index >= 15 is 0 Å². The van der Waals surface area contributed by atoms with Crippen LogP contribution >= 0.6 is 0 Å². The topological polar surface area (TPSA) is 49.4 Å². The second kappa shape index (κ2) is 7.97. The van der Waals surface area contributed by atoms with E-state index in [4.69, 9.17) is 0 Å². The monoisotopic (exact) mass is 336 g/mol. The first-order valence-electron chi connectivity index (χ1n) is 8.83. The van der Waals surface area contributed by atoms with Crippen molar-refractivity contribution in [3.05, 3.63) is 71.3 Å². The van der Waals surface area contributed by atoms with Gasteiger partial charge in [0.1, 0.15) is 0 Å². The first-order valence-corrected chi connectivity index (χ1v) is 8.83. The van der Waals surface area contributed by atoms with E-state index in [1.54, 1.807) is 12.1 Å². The summed E-state index contributed by atoms with van der Waals surface area (Å²) < 4.78 is 0. The summed E-state index contributed by atoms with van der Waals surface area (Å²) in [6.45, 7) is 0.508. The molecule has 3 rings (SSSR count). The molecule has 0 heterocycles. The van der Waals surface area contributed by atoms with E-state index in [0.29, 0.717) is 24.9 Å². The lowest BCUT2D eigenvalue weighted by molar-refractivity contribution is -0.132. The average Bonchev–Trinajstić information content (AvgIpc) is 3.09. The third-order valence-corrected chi connectivity index (χ3v) is 4.85. The molecule has 2 aromatic rings. The van der Waals surface area contributed by atoms with Crippen molar-refractivity contribution in [2.45, 2.75) is 31.7 Å². The Bertz CT molecular complexity index is 743. The van der Waals surface area contributed by atoms with Crippen molar-refractivity contribution in [1.82, 2.24) is 10.2 Å². The molecule has 4 heteroatoms. The number of nitrogens with one attached hydrogen (secondary N) is 1. The zero-order chi connectivity index (χ0) is 17.6. The molecule has 0 aliphatic heterocycles. The largest absolute Gasteiger partial charge is 0.352 e. The van der Waals surface area contributed by atoms with E-state index in [-0.39, 0.29) is 17.9 Å². The summed E-state index contributed by atoms with van der Waals surface area (Å²) >= 11 is 0.